The first kappa shape index (κ1) is 11.8. The van der Waals surface area contributed by atoms with Crippen molar-refractivity contribution < 1.29 is 18.3 Å². The van der Waals surface area contributed by atoms with Crippen LogP contribution in [-0.2, 0) is 10.0 Å². The molecule has 0 amide bonds. The number of hydrogen-bond acceptors (Lipinski definition) is 4. The van der Waals surface area contributed by atoms with Crippen LogP contribution in [0.1, 0.15) is 10.4 Å². The quantitative estimate of drug-likeness (QED) is 0.820. The number of nitrogens with one attached hydrogen (secondary N) is 1. The summed E-state index contributed by atoms with van der Waals surface area (Å²) in [6, 6.07) is 4.06. The third-order valence-electron chi connectivity index (χ3n) is 1.51. The molecule has 0 aliphatic heterocycles. The normalized spacial score (nSPS) is 11.1. The van der Waals surface area contributed by atoms with E-state index in [1.807, 2.05) is 4.72 Å². The fraction of sp³-hybridized carbons (Fsp3) is 0.125. The summed E-state index contributed by atoms with van der Waals surface area (Å²) in [6.45, 7) is 0. The van der Waals surface area contributed by atoms with E-state index in [0.717, 1.165) is 6.26 Å². The molecule has 1 aromatic rings. The Morgan fingerprint density at radius 1 is 1.47 bits per heavy atom. The van der Waals surface area contributed by atoms with Crippen LogP contribution in [0.2, 0.25) is 5.02 Å². The summed E-state index contributed by atoms with van der Waals surface area (Å²) in [5, 5.41) is 10.6. The highest BCUT2D eigenvalue weighted by atomic mass is 35.5. The second-order valence-electron chi connectivity index (χ2n) is 2.82. The fourth-order valence-electron chi connectivity index (χ4n) is 1.02. The van der Waals surface area contributed by atoms with Crippen molar-refractivity contribution in [3.8, 4) is 0 Å². The second-order valence-corrected chi connectivity index (χ2v) is 4.98. The molecule has 0 heterocycles. The zero-order chi connectivity index (χ0) is 11.6. The van der Waals surface area contributed by atoms with E-state index < -0.39 is 16.0 Å². The van der Waals surface area contributed by atoms with Crippen molar-refractivity contribution in [2.75, 3.05) is 11.0 Å². The maximum atomic E-state index is 10.9. The van der Waals surface area contributed by atoms with Crippen LogP contribution in [0.3, 0.4) is 0 Å². The van der Waals surface area contributed by atoms with Crippen molar-refractivity contribution in [1.82, 2.24) is 0 Å². The zero-order valence-corrected chi connectivity index (χ0v) is 9.22. The minimum absolute atomic E-state index is 0.0800. The number of carbonyl (C=O) groups is 1. The summed E-state index contributed by atoms with van der Waals surface area (Å²) in [4.78, 5) is 10.7. The Balaban J connectivity index is 3.30. The van der Waals surface area contributed by atoms with E-state index in [4.69, 9.17) is 11.6 Å². The Morgan fingerprint density at radius 2 is 2.07 bits per heavy atom. The molecule has 0 radical (unpaired) electrons. The minimum Gasteiger partial charge on any atom is -0.545 e. The summed E-state index contributed by atoms with van der Waals surface area (Å²) < 4.78 is 23.9. The lowest BCUT2D eigenvalue weighted by Gasteiger charge is -2.12. The van der Waals surface area contributed by atoms with Gasteiger partial charge in [-0.05, 0) is 12.1 Å². The smallest absolute Gasteiger partial charge is 0.229 e. The summed E-state index contributed by atoms with van der Waals surface area (Å²) in [6.07, 6.45) is 0.910. The minimum atomic E-state index is -3.55. The van der Waals surface area contributed by atoms with Gasteiger partial charge < -0.3 is 9.90 Å². The fourth-order valence-corrected chi connectivity index (χ4v) is 1.84. The lowest BCUT2D eigenvalue weighted by atomic mass is 10.2. The highest BCUT2D eigenvalue weighted by molar-refractivity contribution is 7.92. The van der Waals surface area contributed by atoms with Crippen LogP contribution in [0.4, 0.5) is 5.69 Å². The molecule has 0 aromatic heterocycles. The van der Waals surface area contributed by atoms with E-state index in [2.05, 4.69) is 0 Å². The molecule has 5 nitrogen and oxygen atoms in total. The van der Waals surface area contributed by atoms with E-state index in [-0.39, 0.29) is 16.3 Å². The molecule has 0 saturated carbocycles. The van der Waals surface area contributed by atoms with Crippen LogP contribution < -0.4 is 9.83 Å². The number of carboxylic acids is 1. The van der Waals surface area contributed by atoms with Crippen molar-refractivity contribution in [2.45, 2.75) is 0 Å². The number of benzene rings is 1. The van der Waals surface area contributed by atoms with Crippen LogP contribution >= 0.6 is 11.6 Å². The van der Waals surface area contributed by atoms with Crippen LogP contribution in [0.25, 0.3) is 0 Å². The molecule has 0 aliphatic rings. The molecule has 0 saturated heterocycles. The zero-order valence-electron chi connectivity index (χ0n) is 7.65. The Morgan fingerprint density at radius 3 is 2.53 bits per heavy atom. The highest BCUT2D eigenvalue weighted by Crippen LogP contribution is 2.24. The third kappa shape index (κ3) is 3.10. The van der Waals surface area contributed by atoms with Crippen LogP contribution in [-0.4, -0.2) is 20.6 Å². The van der Waals surface area contributed by atoms with Gasteiger partial charge in [-0.25, -0.2) is 8.42 Å². The van der Waals surface area contributed by atoms with Gasteiger partial charge in [0.25, 0.3) is 0 Å². The molecule has 7 heteroatoms. The summed E-state index contributed by atoms with van der Waals surface area (Å²) in [5.41, 5.74) is -0.477. The van der Waals surface area contributed by atoms with Gasteiger partial charge in [-0.3, -0.25) is 4.72 Å². The first-order valence-corrected chi connectivity index (χ1v) is 6.06. The first-order valence-electron chi connectivity index (χ1n) is 3.79. The predicted octanol–water partition coefficient (Wildman–Crippen LogP) is 0.0750. The molecule has 0 atom stereocenters. The summed E-state index contributed by atoms with van der Waals surface area (Å²) in [7, 11) is -3.55. The first-order chi connectivity index (χ1) is 6.81. The molecule has 1 N–H and O–H groups in total. The van der Waals surface area contributed by atoms with Gasteiger partial charge in [0.2, 0.25) is 10.0 Å². The second kappa shape index (κ2) is 4.08. The molecule has 82 valence electrons. The number of halogens is 1. The predicted molar refractivity (Wildman–Crippen MR) is 54.2 cm³/mol. The van der Waals surface area contributed by atoms with Crippen LogP contribution in [0, 0.1) is 0 Å². The molecule has 0 aliphatic carbocycles. The van der Waals surface area contributed by atoms with Gasteiger partial charge in [0, 0.05) is 5.56 Å². The van der Waals surface area contributed by atoms with Crippen molar-refractivity contribution in [3.63, 3.8) is 0 Å². The Labute approximate surface area is 91.7 Å². The number of rotatable bonds is 3. The van der Waals surface area contributed by atoms with Crippen molar-refractivity contribution in [1.29, 1.82) is 0 Å². The molecule has 0 unspecified atom stereocenters. The molecule has 15 heavy (non-hydrogen) atoms. The van der Waals surface area contributed by atoms with Gasteiger partial charge in [0.1, 0.15) is 0 Å². The largest absolute Gasteiger partial charge is 0.545 e. The Hall–Kier alpha value is -1.27. The number of aromatic carboxylic acids is 1. The number of hydrogen-bond donors (Lipinski definition) is 1. The topological polar surface area (TPSA) is 86.3 Å². The molecule has 1 aromatic carbocycles. The molecular weight excluding hydrogens is 242 g/mol. The van der Waals surface area contributed by atoms with Crippen LogP contribution in [0.5, 0.6) is 0 Å². The molecular formula is C8H7ClNO4S-. The summed E-state index contributed by atoms with van der Waals surface area (Å²) in [5.74, 6) is -1.54. The SMILES string of the molecule is CS(=O)(=O)Nc1cccc(Cl)c1C(=O)[O-]. The Kier molecular flexibility index (Phi) is 3.21. The lowest BCUT2D eigenvalue weighted by Crippen LogP contribution is -2.25. The van der Waals surface area contributed by atoms with E-state index in [0.29, 0.717) is 0 Å². The van der Waals surface area contributed by atoms with Gasteiger partial charge in [0.15, 0.2) is 0 Å². The van der Waals surface area contributed by atoms with Gasteiger partial charge in [-0.1, -0.05) is 17.7 Å². The van der Waals surface area contributed by atoms with Gasteiger partial charge in [0.05, 0.1) is 22.9 Å². The maximum Gasteiger partial charge on any atom is 0.229 e. The maximum absolute atomic E-state index is 10.9. The highest BCUT2D eigenvalue weighted by Gasteiger charge is 2.11. The molecule has 0 bridgehead atoms. The number of carbonyl (C=O) groups excluding carboxylic acids is 1. The monoisotopic (exact) mass is 248 g/mol. The average molecular weight is 249 g/mol. The van der Waals surface area contributed by atoms with Crippen molar-refractivity contribution >= 4 is 33.3 Å². The molecule has 0 fully saturated rings. The van der Waals surface area contributed by atoms with E-state index >= 15 is 0 Å². The van der Waals surface area contributed by atoms with Gasteiger partial charge >= 0.3 is 0 Å². The number of sulfonamides is 1. The van der Waals surface area contributed by atoms with Crippen molar-refractivity contribution in [2.24, 2.45) is 0 Å². The lowest BCUT2D eigenvalue weighted by molar-refractivity contribution is -0.254. The van der Waals surface area contributed by atoms with E-state index in [9.17, 15) is 18.3 Å². The van der Waals surface area contributed by atoms with Gasteiger partial charge in [-0.2, -0.15) is 0 Å². The van der Waals surface area contributed by atoms with Gasteiger partial charge in [-0.15, -0.1) is 0 Å². The van der Waals surface area contributed by atoms with Crippen molar-refractivity contribution in [3.05, 3.63) is 28.8 Å². The number of carboxylic acid groups (broad SMARTS) is 1. The average Bonchev–Trinajstić information content (AvgIpc) is 1.99. The molecule has 1 rings (SSSR count). The Bertz CT molecular complexity index is 497. The standard InChI is InChI=1S/C8H8ClNO4S/c1-15(13,14)10-6-4-2-3-5(9)7(6)8(11)12/h2-4,10H,1H3,(H,11,12)/p-1. The van der Waals surface area contributed by atoms with E-state index in [1.54, 1.807) is 0 Å². The molecule has 0 spiro atoms. The third-order valence-corrected chi connectivity index (χ3v) is 2.42. The van der Waals surface area contributed by atoms with Crippen LogP contribution in [0.15, 0.2) is 18.2 Å². The summed E-state index contributed by atoms with van der Waals surface area (Å²) >= 11 is 5.60. The number of anilines is 1. The van der Waals surface area contributed by atoms with E-state index in [1.165, 1.54) is 18.2 Å².